The topological polar surface area (TPSA) is 64.0 Å². The Morgan fingerprint density at radius 2 is 2.05 bits per heavy atom. The molecule has 1 heterocycles. The summed E-state index contributed by atoms with van der Waals surface area (Å²) in [6.45, 7) is 7.55. The first-order valence-electron chi connectivity index (χ1n) is 7.12. The molecule has 0 spiro atoms. The Morgan fingerprint density at radius 3 is 2.70 bits per heavy atom. The zero-order valence-electron chi connectivity index (χ0n) is 12.0. The number of hydrogen-bond acceptors (Lipinski definition) is 4. The standard InChI is InChI=1S/C15H22N2O3/c1-3-16(4-2)11-7-8-17(10-11)15(20)13-9-12(18)5-6-14(13)19/h5-6,9,11,18-19H,3-4,7-8,10H2,1-2H3. The third-order valence-electron chi connectivity index (χ3n) is 3.99. The number of phenolic OH excluding ortho intramolecular Hbond substituents is 2. The summed E-state index contributed by atoms with van der Waals surface area (Å²) < 4.78 is 0. The smallest absolute Gasteiger partial charge is 0.257 e. The van der Waals surface area contributed by atoms with Crippen molar-refractivity contribution in [3.63, 3.8) is 0 Å². The van der Waals surface area contributed by atoms with Gasteiger partial charge in [0.2, 0.25) is 0 Å². The molecular formula is C15H22N2O3. The number of likely N-dealkylation sites (N-methyl/N-ethyl adjacent to an activating group) is 1. The number of likely N-dealkylation sites (tertiary alicyclic amines) is 1. The van der Waals surface area contributed by atoms with Crippen LogP contribution in [0.15, 0.2) is 18.2 Å². The highest BCUT2D eigenvalue weighted by atomic mass is 16.3. The van der Waals surface area contributed by atoms with Gasteiger partial charge in [-0.3, -0.25) is 9.69 Å². The van der Waals surface area contributed by atoms with E-state index in [1.54, 1.807) is 4.90 Å². The molecular weight excluding hydrogens is 256 g/mol. The number of hydrogen-bond donors (Lipinski definition) is 2. The lowest BCUT2D eigenvalue weighted by atomic mass is 10.1. The third-order valence-corrected chi connectivity index (χ3v) is 3.99. The van der Waals surface area contributed by atoms with Crippen LogP contribution in [0, 0.1) is 0 Å². The van der Waals surface area contributed by atoms with Crippen molar-refractivity contribution >= 4 is 5.91 Å². The van der Waals surface area contributed by atoms with Crippen molar-refractivity contribution in [1.29, 1.82) is 0 Å². The van der Waals surface area contributed by atoms with Crippen LogP contribution in [0.5, 0.6) is 11.5 Å². The van der Waals surface area contributed by atoms with Gasteiger partial charge >= 0.3 is 0 Å². The average molecular weight is 278 g/mol. The fraction of sp³-hybridized carbons (Fsp3) is 0.533. The lowest BCUT2D eigenvalue weighted by Gasteiger charge is -2.26. The molecule has 5 nitrogen and oxygen atoms in total. The lowest BCUT2D eigenvalue weighted by Crippen LogP contribution is -2.38. The minimum absolute atomic E-state index is 0.00867. The predicted molar refractivity (Wildman–Crippen MR) is 77.0 cm³/mol. The molecule has 1 aliphatic rings. The van der Waals surface area contributed by atoms with Gasteiger partial charge in [0.05, 0.1) is 5.56 Å². The van der Waals surface area contributed by atoms with E-state index in [1.165, 1.54) is 18.2 Å². The fourth-order valence-electron chi connectivity index (χ4n) is 2.83. The van der Waals surface area contributed by atoms with Crippen molar-refractivity contribution < 1.29 is 15.0 Å². The summed E-state index contributed by atoms with van der Waals surface area (Å²) in [5.41, 5.74) is 0.171. The number of phenols is 2. The molecule has 0 bridgehead atoms. The van der Waals surface area contributed by atoms with Crippen LogP contribution in [0.2, 0.25) is 0 Å². The molecule has 110 valence electrons. The summed E-state index contributed by atoms with van der Waals surface area (Å²) in [5.74, 6) is -0.308. The first kappa shape index (κ1) is 14.7. The molecule has 2 rings (SSSR count). The molecule has 2 N–H and O–H groups in total. The fourth-order valence-corrected chi connectivity index (χ4v) is 2.83. The van der Waals surface area contributed by atoms with Crippen molar-refractivity contribution in [2.45, 2.75) is 26.3 Å². The van der Waals surface area contributed by atoms with Gasteiger partial charge in [-0.25, -0.2) is 0 Å². The molecule has 0 radical (unpaired) electrons. The number of carbonyl (C=O) groups is 1. The second-order valence-corrected chi connectivity index (χ2v) is 5.12. The molecule has 20 heavy (non-hydrogen) atoms. The second-order valence-electron chi connectivity index (χ2n) is 5.12. The summed E-state index contributed by atoms with van der Waals surface area (Å²) in [6.07, 6.45) is 0.951. The Hall–Kier alpha value is -1.75. The van der Waals surface area contributed by atoms with Crippen LogP contribution < -0.4 is 0 Å². The molecule has 1 aliphatic heterocycles. The van der Waals surface area contributed by atoms with Crippen molar-refractivity contribution in [1.82, 2.24) is 9.80 Å². The third kappa shape index (κ3) is 2.88. The SMILES string of the molecule is CCN(CC)C1CCN(C(=O)c2cc(O)ccc2O)C1. The lowest BCUT2D eigenvalue weighted by molar-refractivity contribution is 0.0774. The van der Waals surface area contributed by atoms with Crippen LogP contribution in [-0.2, 0) is 0 Å². The molecule has 1 atom stereocenters. The molecule has 1 fully saturated rings. The van der Waals surface area contributed by atoms with Gasteiger partial charge in [0.15, 0.2) is 0 Å². The quantitative estimate of drug-likeness (QED) is 0.822. The predicted octanol–water partition coefficient (Wildman–Crippen LogP) is 1.65. The monoisotopic (exact) mass is 278 g/mol. The molecule has 0 aromatic heterocycles. The van der Waals surface area contributed by atoms with Crippen molar-refractivity contribution in [2.75, 3.05) is 26.2 Å². The molecule has 1 aromatic carbocycles. The molecule has 1 amide bonds. The Kier molecular flexibility index (Phi) is 4.49. The maximum atomic E-state index is 12.4. The molecule has 0 saturated carbocycles. The van der Waals surface area contributed by atoms with E-state index >= 15 is 0 Å². The Balaban J connectivity index is 2.10. The summed E-state index contributed by atoms with van der Waals surface area (Å²) in [7, 11) is 0. The molecule has 1 aromatic rings. The maximum Gasteiger partial charge on any atom is 0.257 e. The van der Waals surface area contributed by atoms with Crippen LogP contribution >= 0.6 is 0 Å². The molecule has 0 aliphatic carbocycles. The van der Waals surface area contributed by atoms with Crippen LogP contribution in [0.4, 0.5) is 0 Å². The van der Waals surface area contributed by atoms with E-state index in [0.29, 0.717) is 19.1 Å². The Labute approximate surface area is 119 Å². The van der Waals surface area contributed by atoms with Crippen molar-refractivity contribution in [3.8, 4) is 11.5 Å². The number of benzene rings is 1. The largest absolute Gasteiger partial charge is 0.508 e. The molecule has 1 saturated heterocycles. The maximum absolute atomic E-state index is 12.4. The zero-order valence-corrected chi connectivity index (χ0v) is 12.0. The Morgan fingerprint density at radius 1 is 1.35 bits per heavy atom. The number of carbonyl (C=O) groups excluding carboxylic acids is 1. The van der Waals surface area contributed by atoms with Crippen LogP contribution in [0.1, 0.15) is 30.6 Å². The van der Waals surface area contributed by atoms with E-state index < -0.39 is 0 Å². The van der Waals surface area contributed by atoms with Crippen molar-refractivity contribution in [2.24, 2.45) is 0 Å². The van der Waals surface area contributed by atoms with E-state index in [1.807, 2.05) is 0 Å². The minimum Gasteiger partial charge on any atom is -0.508 e. The van der Waals surface area contributed by atoms with Crippen LogP contribution in [0.25, 0.3) is 0 Å². The highest BCUT2D eigenvalue weighted by Crippen LogP contribution is 2.25. The van der Waals surface area contributed by atoms with Gasteiger partial charge < -0.3 is 15.1 Å². The van der Waals surface area contributed by atoms with Crippen LogP contribution in [0.3, 0.4) is 0 Å². The number of rotatable bonds is 4. The number of nitrogens with zero attached hydrogens (tertiary/aromatic N) is 2. The zero-order chi connectivity index (χ0) is 14.7. The summed E-state index contributed by atoms with van der Waals surface area (Å²) in [4.78, 5) is 16.5. The molecule has 5 heteroatoms. The van der Waals surface area contributed by atoms with Gasteiger partial charge in [-0.2, -0.15) is 0 Å². The summed E-state index contributed by atoms with van der Waals surface area (Å²) in [5, 5.41) is 19.2. The van der Waals surface area contributed by atoms with E-state index in [0.717, 1.165) is 19.5 Å². The molecule has 1 unspecified atom stereocenters. The number of aromatic hydroxyl groups is 2. The van der Waals surface area contributed by atoms with Gasteiger partial charge in [-0.1, -0.05) is 13.8 Å². The highest BCUT2D eigenvalue weighted by Gasteiger charge is 2.30. The van der Waals surface area contributed by atoms with E-state index in [2.05, 4.69) is 18.7 Å². The van der Waals surface area contributed by atoms with E-state index in [-0.39, 0.29) is 23.0 Å². The van der Waals surface area contributed by atoms with E-state index in [9.17, 15) is 15.0 Å². The van der Waals surface area contributed by atoms with Gasteiger partial charge in [-0.15, -0.1) is 0 Å². The second kappa shape index (κ2) is 6.13. The van der Waals surface area contributed by atoms with E-state index in [4.69, 9.17) is 0 Å². The van der Waals surface area contributed by atoms with Gasteiger partial charge in [0.25, 0.3) is 5.91 Å². The van der Waals surface area contributed by atoms with Crippen molar-refractivity contribution in [3.05, 3.63) is 23.8 Å². The normalized spacial score (nSPS) is 18.8. The first-order valence-corrected chi connectivity index (χ1v) is 7.12. The number of amides is 1. The highest BCUT2D eigenvalue weighted by molar-refractivity contribution is 5.97. The minimum atomic E-state index is -0.215. The summed E-state index contributed by atoms with van der Waals surface area (Å²) >= 11 is 0. The Bertz CT molecular complexity index is 486. The van der Waals surface area contributed by atoms with Crippen LogP contribution in [-0.4, -0.2) is 58.1 Å². The van der Waals surface area contributed by atoms with Gasteiger partial charge in [-0.05, 0) is 37.7 Å². The van der Waals surface area contributed by atoms with Gasteiger partial charge in [0, 0.05) is 19.1 Å². The van der Waals surface area contributed by atoms with Gasteiger partial charge in [0.1, 0.15) is 11.5 Å². The first-order chi connectivity index (χ1) is 9.56. The average Bonchev–Trinajstić information content (AvgIpc) is 2.92. The summed E-state index contributed by atoms with van der Waals surface area (Å²) in [6, 6.07) is 4.42.